The molecule has 1 N–H and O–H groups in total. The summed E-state index contributed by atoms with van der Waals surface area (Å²) < 4.78 is 0. The summed E-state index contributed by atoms with van der Waals surface area (Å²) in [5.74, 6) is 1.01. The molecule has 1 nitrogen and oxygen atoms in total. The molecule has 1 aliphatic heterocycles. The Labute approximate surface area is 134 Å². The quantitative estimate of drug-likeness (QED) is 0.660. The molecule has 5 atom stereocenters. The smallest absolute Gasteiger partial charge is 0.00164 e. The van der Waals surface area contributed by atoms with Crippen LogP contribution in [0.2, 0.25) is 0 Å². The second-order valence-electron chi connectivity index (χ2n) is 9.02. The van der Waals surface area contributed by atoms with Crippen LogP contribution < -0.4 is 5.32 Å². The van der Waals surface area contributed by atoms with E-state index in [9.17, 15) is 0 Å². The molecule has 0 spiro atoms. The van der Waals surface area contributed by atoms with Gasteiger partial charge in [0.15, 0.2) is 0 Å². The van der Waals surface area contributed by atoms with E-state index in [1.165, 1.54) is 83.7 Å². The molecule has 122 valence electrons. The summed E-state index contributed by atoms with van der Waals surface area (Å²) >= 11 is 0. The first-order chi connectivity index (χ1) is 9.98. The normalized spacial score (nSPS) is 49.0. The maximum Gasteiger partial charge on any atom is 0.00164 e. The van der Waals surface area contributed by atoms with Crippen LogP contribution in [0.4, 0.5) is 0 Å². The Morgan fingerprint density at radius 2 is 1.48 bits per heavy atom. The van der Waals surface area contributed by atoms with Crippen LogP contribution in [-0.4, -0.2) is 18.2 Å². The summed E-state index contributed by atoms with van der Waals surface area (Å²) in [7, 11) is 3.18. The van der Waals surface area contributed by atoms with Gasteiger partial charge in [0.25, 0.3) is 0 Å². The molecule has 1 heterocycles. The van der Waals surface area contributed by atoms with Crippen molar-refractivity contribution in [2.75, 3.05) is 13.1 Å². The van der Waals surface area contributed by atoms with Gasteiger partial charge in [0.05, 0.1) is 0 Å². The molecule has 0 amide bonds. The zero-order chi connectivity index (χ0) is 15.0. The minimum Gasteiger partial charge on any atom is -0.316 e. The number of nitrogens with one attached hydrogen (secondary N) is 1. The molecule has 0 aromatic carbocycles. The van der Waals surface area contributed by atoms with E-state index in [0.717, 1.165) is 5.92 Å². The molecule has 3 aliphatic rings. The number of fused-ring (bicyclic) bond motifs is 1. The molecule has 2 heteroatoms. The van der Waals surface area contributed by atoms with Gasteiger partial charge in [-0.1, -0.05) is 52.4 Å². The van der Waals surface area contributed by atoms with Crippen LogP contribution in [0.5, 0.6) is 0 Å². The fourth-order valence-electron chi connectivity index (χ4n) is 5.49. The minimum atomic E-state index is 0.495. The molecule has 0 radical (unpaired) electrons. The van der Waals surface area contributed by atoms with Gasteiger partial charge < -0.3 is 5.32 Å². The zero-order valence-electron chi connectivity index (χ0n) is 14.3. The molecule has 0 bridgehead atoms. The lowest BCUT2D eigenvalue weighted by Gasteiger charge is -2.39. The van der Waals surface area contributed by atoms with Crippen LogP contribution >= 0.6 is 9.24 Å². The van der Waals surface area contributed by atoms with Crippen LogP contribution in [0.15, 0.2) is 0 Å². The van der Waals surface area contributed by atoms with Gasteiger partial charge in [-0.2, -0.15) is 0 Å². The number of hydrogen-bond acceptors (Lipinski definition) is 1. The van der Waals surface area contributed by atoms with Gasteiger partial charge in [-0.25, -0.2) is 0 Å². The highest BCUT2D eigenvalue weighted by atomic mass is 31.0. The second kappa shape index (κ2) is 6.12. The summed E-state index contributed by atoms with van der Waals surface area (Å²) in [4.78, 5) is 0. The van der Waals surface area contributed by atoms with Gasteiger partial charge in [-0.15, -0.1) is 9.24 Å². The van der Waals surface area contributed by atoms with Gasteiger partial charge in [-0.3, -0.25) is 0 Å². The first-order valence-corrected chi connectivity index (χ1v) is 10.0. The molecule has 1 saturated heterocycles. The predicted octanol–water partition coefficient (Wildman–Crippen LogP) is 5.15. The third kappa shape index (κ3) is 3.35. The average Bonchev–Trinajstić information content (AvgIpc) is 2.99. The summed E-state index contributed by atoms with van der Waals surface area (Å²) in [6, 6.07) is 0. The molecule has 2 aliphatic carbocycles. The summed E-state index contributed by atoms with van der Waals surface area (Å²) in [6.07, 6.45) is 16.0. The fourth-order valence-corrected chi connectivity index (χ4v) is 5.90. The molecule has 3 fully saturated rings. The maximum atomic E-state index is 3.68. The number of hydrogen-bond donors (Lipinski definition) is 1. The van der Waals surface area contributed by atoms with Crippen molar-refractivity contribution in [3.8, 4) is 0 Å². The SMILES string of the molecule is CC1(P)CCCCCCCC(C)(C23CNCC2C3)CCC1. The van der Waals surface area contributed by atoms with E-state index in [2.05, 4.69) is 28.4 Å². The lowest BCUT2D eigenvalue weighted by Crippen LogP contribution is -2.34. The van der Waals surface area contributed by atoms with Crippen molar-refractivity contribution in [2.45, 2.75) is 89.6 Å². The highest BCUT2D eigenvalue weighted by Crippen LogP contribution is 2.68. The Hall–Kier alpha value is 0.390. The van der Waals surface area contributed by atoms with E-state index in [4.69, 9.17) is 0 Å². The highest BCUT2D eigenvalue weighted by Gasteiger charge is 2.65. The van der Waals surface area contributed by atoms with Crippen molar-refractivity contribution in [1.29, 1.82) is 0 Å². The molecule has 0 aromatic rings. The van der Waals surface area contributed by atoms with Crippen molar-refractivity contribution in [3.05, 3.63) is 0 Å². The van der Waals surface area contributed by atoms with Crippen LogP contribution in [0.25, 0.3) is 0 Å². The van der Waals surface area contributed by atoms with Crippen molar-refractivity contribution >= 4 is 9.24 Å². The molecule has 2 saturated carbocycles. The van der Waals surface area contributed by atoms with Crippen LogP contribution in [0, 0.1) is 16.7 Å². The second-order valence-corrected chi connectivity index (χ2v) is 10.4. The molecule has 5 unspecified atom stereocenters. The Kier molecular flexibility index (Phi) is 4.74. The monoisotopic (exact) mass is 309 g/mol. The summed E-state index contributed by atoms with van der Waals surface area (Å²) in [5.41, 5.74) is 1.30. The first-order valence-electron chi connectivity index (χ1n) is 9.47. The van der Waals surface area contributed by atoms with E-state index in [1.807, 2.05) is 0 Å². The van der Waals surface area contributed by atoms with E-state index in [-0.39, 0.29) is 0 Å². The number of piperidine rings is 1. The predicted molar refractivity (Wildman–Crippen MR) is 95.8 cm³/mol. The highest BCUT2D eigenvalue weighted by molar-refractivity contribution is 7.18. The maximum absolute atomic E-state index is 3.68. The molecule has 21 heavy (non-hydrogen) atoms. The van der Waals surface area contributed by atoms with E-state index < -0.39 is 0 Å². The topological polar surface area (TPSA) is 12.0 Å². The van der Waals surface area contributed by atoms with Gasteiger partial charge >= 0.3 is 0 Å². The minimum absolute atomic E-state index is 0.495. The van der Waals surface area contributed by atoms with Crippen molar-refractivity contribution in [1.82, 2.24) is 5.32 Å². The Morgan fingerprint density at radius 3 is 2.14 bits per heavy atom. The van der Waals surface area contributed by atoms with Gasteiger partial charge in [0.1, 0.15) is 0 Å². The standard InChI is InChI=1S/C19H36NP/c1-17(19-13-16(19)14-20-15-19)9-6-4-3-5-7-11-18(2,21)12-8-10-17/h16,20H,3-15,21H2,1-2H3. The zero-order valence-corrected chi connectivity index (χ0v) is 15.5. The summed E-state index contributed by atoms with van der Waals surface area (Å²) in [6.45, 7) is 7.73. The van der Waals surface area contributed by atoms with Crippen LogP contribution in [0.1, 0.15) is 84.5 Å². The van der Waals surface area contributed by atoms with Crippen LogP contribution in [-0.2, 0) is 0 Å². The Bertz CT molecular complexity index is 367. The van der Waals surface area contributed by atoms with Gasteiger partial charge in [0.2, 0.25) is 0 Å². The molecular formula is C19H36NP. The van der Waals surface area contributed by atoms with Crippen molar-refractivity contribution in [2.24, 2.45) is 16.7 Å². The van der Waals surface area contributed by atoms with E-state index >= 15 is 0 Å². The fraction of sp³-hybridized carbons (Fsp3) is 1.00. The van der Waals surface area contributed by atoms with Crippen molar-refractivity contribution in [3.63, 3.8) is 0 Å². The summed E-state index contributed by atoms with van der Waals surface area (Å²) in [5, 5.41) is 4.18. The van der Waals surface area contributed by atoms with Crippen LogP contribution in [0.3, 0.4) is 0 Å². The van der Waals surface area contributed by atoms with Gasteiger partial charge in [-0.05, 0) is 60.6 Å². The third-order valence-corrected chi connectivity index (χ3v) is 7.80. The Balaban J connectivity index is 1.67. The average molecular weight is 309 g/mol. The largest absolute Gasteiger partial charge is 0.316 e. The molecule has 3 rings (SSSR count). The molecule has 0 aromatic heterocycles. The number of rotatable bonds is 1. The van der Waals surface area contributed by atoms with E-state index in [0.29, 0.717) is 16.0 Å². The lowest BCUT2D eigenvalue weighted by atomic mass is 9.66. The first kappa shape index (κ1) is 16.3. The third-order valence-electron chi connectivity index (χ3n) is 7.22. The van der Waals surface area contributed by atoms with Crippen molar-refractivity contribution < 1.29 is 0 Å². The molecular weight excluding hydrogens is 273 g/mol. The van der Waals surface area contributed by atoms with E-state index in [1.54, 1.807) is 0 Å². The lowest BCUT2D eigenvalue weighted by molar-refractivity contribution is 0.120. The van der Waals surface area contributed by atoms with Gasteiger partial charge in [0, 0.05) is 6.54 Å². The Morgan fingerprint density at radius 1 is 0.857 bits per heavy atom.